The molecular formula is C22H23ClN4. The molecule has 1 saturated carbocycles. The van der Waals surface area contributed by atoms with E-state index in [-0.39, 0.29) is 5.82 Å². The standard InChI is InChI=1S/C22H23ClN4/c1-14-6-8-16(9-7-14)13-27-12-15(2)20-22(27)21(26-19(11-24)25-20)17-4-3-5-18(23)10-17/h3-5,10,12,14,16H,6-9,13H2,1-2H3. The van der Waals surface area contributed by atoms with E-state index in [4.69, 9.17) is 11.6 Å². The molecule has 1 aliphatic rings. The summed E-state index contributed by atoms with van der Waals surface area (Å²) in [6.45, 7) is 5.37. The Balaban J connectivity index is 1.84. The molecule has 0 N–H and O–H groups in total. The second-order valence-electron chi connectivity index (χ2n) is 7.81. The van der Waals surface area contributed by atoms with Gasteiger partial charge in [0.2, 0.25) is 5.82 Å². The minimum atomic E-state index is 0.199. The largest absolute Gasteiger partial charge is 0.344 e. The predicted octanol–water partition coefficient (Wildman–Crippen LogP) is 5.76. The molecule has 0 aliphatic heterocycles. The predicted molar refractivity (Wildman–Crippen MR) is 109 cm³/mol. The van der Waals surface area contributed by atoms with E-state index in [1.54, 1.807) is 0 Å². The number of aryl methyl sites for hydroxylation is 1. The molecule has 0 amide bonds. The fourth-order valence-electron chi connectivity index (χ4n) is 4.18. The van der Waals surface area contributed by atoms with Gasteiger partial charge in [-0.25, -0.2) is 9.97 Å². The summed E-state index contributed by atoms with van der Waals surface area (Å²) >= 11 is 6.22. The van der Waals surface area contributed by atoms with Gasteiger partial charge in [-0.15, -0.1) is 0 Å². The average Bonchev–Trinajstić information content (AvgIpc) is 2.98. The summed E-state index contributed by atoms with van der Waals surface area (Å²) in [6, 6.07) is 9.76. The zero-order chi connectivity index (χ0) is 19.0. The second kappa shape index (κ2) is 7.32. The van der Waals surface area contributed by atoms with Crippen LogP contribution in [0.15, 0.2) is 30.5 Å². The van der Waals surface area contributed by atoms with Gasteiger partial charge in [0.05, 0.1) is 16.7 Å². The SMILES string of the molecule is Cc1cn(CC2CCC(C)CC2)c2c(-c3cccc(Cl)c3)nc(C#N)nc12. The minimum absolute atomic E-state index is 0.199. The van der Waals surface area contributed by atoms with Crippen molar-refractivity contribution in [2.75, 3.05) is 0 Å². The van der Waals surface area contributed by atoms with Crippen molar-refractivity contribution in [2.24, 2.45) is 11.8 Å². The lowest BCUT2D eigenvalue weighted by Crippen LogP contribution is -2.17. The molecule has 4 nitrogen and oxygen atoms in total. The number of hydrogen-bond acceptors (Lipinski definition) is 3. The van der Waals surface area contributed by atoms with E-state index >= 15 is 0 Å². The van der Waals surface area contributed by atoms with Gasteiger partial charge in [-0.1, -0.05) is 43.5 Å². The van der Waals surface area contributed by atoms with Gasteiger partial charge in [0, 0.05) is 23.3 Å². The highest BCUT2D eigenvalue weighted by atomic mass is 35.5. The number of halogens is 1. The van der Waals surface area contributed by atoms with Crippen LogP contribution >= 0.6 is 11.6 Å². The maximum Gasteiger partial charge on any atom is 0.233 e. The van der Waals surface area contributed by atoms with Crippen LogP contribution < -0.4 is 0 Å². The highest BCUT2D eigenvalue weighted by molar-refractivity contribution is 6.30. The molecule has 27 heavy (non-hydrogen) atoms. The summed E-state index contributed by atoms with van der Waals surface area (Å²) in [4.78, 5) is 9.06. The van der Waals surface area contributed by atoms with Crippen LogP contribution in [-0.2, 0) is 6.54 Å². The van der Waals surface area contributed by atoms with Crippen molar-refractivity contribution in [1.29, 1.82) is 5.26 Å². The quantitative estimate of drug-likeness (QED) is 0.582. The van der Waals surface area contributed by atoms with E-state index in [2.05, 4.69) is 40.6 Å². The molecule has 138 valence electrons. The van der Waals surface area contributed by atoms with Crippen LogP contribution in [0.25, 0.3) is 22.3 Å². The van der Waals surface area contributed by atoms with Crippen LogP contribution in [0, 0.1) is 30.1 Å². The van der Waals surface area contributed by atoms with Gasteiger partial charge in [0.1, 0.15) is 6.07 Å². The maximum absolute atomic E-state index is 9.40. The van der Waals surface area contributed by atoms with Gasteiger partial charge in [-0.3, -0.25) is 0 Å². The molecule has 1 aromatic carbocycles. The van der Waals surface area contributed by atoms with E-state index in [0.29, 0.717) is 10.9 Å². The summed E-state index contributed by atoms with van der Waals surface area (Å²) in [5.74, 6) is 1.72. The Morgan fingerprint density at radius 3 is 2.70 bits per heavy atom. The third-order valence-electron chi connectivity index (χ3n) is 5.68. The Kier molecular flexibility index (Phi) is 4.88. The number of rotatable bonds is 3. The first-order valence-electron chi connectivity index (χ1n) is 9.58. The minimum Gasteiger partial charge on any atom is -0.344 e. The van der Waals surface area contributed by atoms with Gasteiger partial charge in [-0.05, 0) is 49.3 Å². The van der Waals surface area contributed by atoms with Crippen molar-refractivity contribution in [3.8, 4) is 17.3 Å². The summed E-state index contributed by atoms with van der Waals surface area (Å²) in [6.07, 6.45) is 7.30. The number of nitrogens with zero attached hydrogens (tertiary/aromatic N) is 4. The highest BCUT2D eigenvalue weighted by Gasteiger charge is 2.22. The molecule has 1 aliphatic carbocycles. The molecule has 3 aromatic rings. The second-order valence-corrected chi connectivity index (χ2v) is 8.24. The van der Waals surface area contributed by atoms with E-state index in [0.717, 1.165) is 40.3 Å². The van der Waals surface area contributed by atoms with Crippen molar-refractivity contribution in [3.63, 3.8) is 0 Å². The number of hydrogen-bond donors (Lipinski definition) is 0. The van der Waals surface area contributed by atoms with Crippen LogP contribution in [0.3, 0.4) is 0 Å². The first-order valence-corrected chi connectivity index (χ1v) is 9.96. The lowest BCUT2D eigenvalue weighted by molar-refractivity contribution is 0.267. The number of aromatic nitrogens is 3. The topological polar surface area (TPSA) is 54.5 Å². The first-order chi connectivity index (χ1) is 13.0. The Hall–Kier alpha value is -2.38. The van der Waals surface area contributed by atoms with Crippen LogP contribution in [-0.4, -0.2) is 14.5 Å². The van der Waals surface area contributed by atoms with Crippen LogP contribution in [0.1, 0.15) is 44.0 Å². The van der Waals surface area contributed by atoms with E-state index in [9.17, 15) is 5.26 Å². The van der Waals surface area contributed by atoms with E-state index < -0.39 is 0 Å². The zero-order valence-electron chi connectivity index (χ0n) is 15.7. The molecule has 2 heterocycles. The molecule has 0 saturated heterocycles. The molecular weight excluding hydrogens is 356 g/mol. The van der Waals surface area contributed by atoms with Gasteiger partial charge in [0.25, 0.3) is 0 Å². The van der Waals surface area contributed by atoms with Crippen molar-refractivity contribution in [1.82, 2.24) is 14.5 Å². The molecule has 0 spiro atoms. The third kappa shape index (κ3) is 3.57. The van der Waals surface area contributed by atoms with Crippen molar-refractivity contribution in [2.45, 2.75) is 46.1 Å². The lowest BCUT2D eigenvalue weighted by Gasteiger charge is -2.26. The van der Waals surface area contributed by atoms with Gasteiger partial charge in [0.15, 0.2) is 0 Å². The fourth-order valence-corrected chi connectivity index (χ4v) is 4.37. The Bertz CT molecular complexity index is 1020. The molecule has 0 bridgehead atoms. The van der Waals surface area contributed by atoms with Crippen molar-refractivity contribution >= 4 is 22.6 Å². The van der Waals surface area contributed by atoms with Crippen LogP contribution in [0.4, 0.5) is 0 Å². The molecule has 0 radical (unpaired) electrons. The van der Waals surface area contributed by atoms with Gasteiger partial charge < -0.3 is 4.57 Å². The molecule has 0 unspecified atom stereocenters. The van der Waals surface area contributed by atoms with Crippen LogP contribution in [0.5, 0.6) is 0 Å². The normalized spacial score (nSPS) is 19.9. The maximum atomic E-state index is 9.40. The monoisotopic (exact) mass is 378 g/mol. The van der Waals surface area contributed by atoms with Gasteiger partial charge >= 0.3 is 0 Å². The number of nitriles is 1. The smallest absolute Gasteiger partial charge is 0.233 e. The zero-order valence-corrected chi connectivity index (χ0v) is 16.5. The van der Waals surface area contributed by atoms with Crippen molar-refractivity contribution in [3.05, 3.63) is 46.9 Å². The van der Waals surface area contributed by atoms with Crippen molar-refractivity contribution < 1.29 is 0 Å². The van der Waals surface area contributed by atoms with Crippen LogP contribution in [0.2, 0.25) is 5.02 Å². The Morgan fingerprint density at radius 1 is 1.22 bits per heavy atom. The molecule has 1 fully saturated rings. The molecule has 2 aromatic heterocycles. The summed E-state index contributed by atoms with van der Waals surface area (Å²) in [5.41, 5.74) is 4.66. The average molecular weight is 379 g/mol. The van der Waals surface area contributed by atoms with E-state index in [1.807, 2.05) is 24.3 Å². The van der Waals surface area contributed by atoms with Gasteiger partial charge in [-0.2, -0.15) is 5.26 Å². The third-order valence-corrected chi connectivity index (χ3v) is 5.92. The molecule has 0 atom stereocenters. The summed E-state index contributed by atoms with van der Waals surface area (Å²) in [7, 11) is 0. The highest BCUT2D eigenvalue weighted by Crippen LogP contribution is 2.34. The molecule has 4 rings (SSSR count). The molecule has 5 heteroatoms. The fraction of sp³-hybridized carbons (Fsp3) is 0.409. The Morgan fingerprint density at radius 2 is 2.00 bits per heavy atom. The number of benzene rings is 1. The first kappa shape index (κ1) is 18.0. The number of fused-ring (bicyclic) bond motifs is 1. The Labute approximate surface area is 164 Å². The summed E-state index contributed by atoms with van der Waals surface area (Å²) < 4.78 is 2.29. The lowest BCUT2D eigenvalue weighted by atomic mass is 9.83. The summed E-state index contributed by atoms with van der Waals surface area (Å²) in [5, 5.41) is 10.1. The van der Waals surface area contributed by atoms with E-state index in [1.165, 1.54) is 25.7 Å².